The normalized spacial score (nSPS) is 26.4. The van der Waals surface area contributed by atoms with E-state index in [1.165, 1.54) is 0 Å². The van der Waals surface area contributed by atoms with Crippen LogP contribution in [0.1, 0.15) is 26.3 Å². The number of ether oxygens (including phenoxy) is 1. The minimum Gasteiger partial charge on any atom is -0.509 e. The van der Waals surface area contributed by atoms with E-state index in [0.717, 1.165) is 5.56 Å². The van der Waals surface area contributed by atoms with Gasteiger partial charge in [0.2, 0.25) is 0 Å². The fourth-order valence-electron chi connectivity index (χ4n) is 2.91. The number of carbonyl (C=O) groups is 1. The summed E-state index contributed by atoms with van der Waals surface area (Å²) in [6.07, 6.45) is -0.302. The van der Waals surface area contributed by atoms with Gasteiger partial charge in [0.25, 0.3) is 5.91 Å². The molecule has 0 bridgehead atoms. The molecule has 1 aromatic rings. The highest BCUT2D eigenvalue weighted by molar-refractivity contribution is 6.22. The highest BCUT2D eigenvalue weighted by Crippen LogP contribution is 2.41. The van der Waals surface area contributed by atoms with E-state index in [2.05, 4.69) is 0 Å². The van der Waals surface area contributed by atoms with Crippen molar-refractivity contribution in [2.75, 3.05) is 6.61 Å². The summed E-state index contributed by atoms with van der Waals surface area (Å²) < 4.78 is 5.72. The molecule has 0 radical (unpaired) electrons. The molecular weight excluding hydrogens is 254 g/mol. The summed E-state index contributed by atoms with van der Waals surface area (Å²) in [5.41, 5.74) is 0.988. The van der Waals surface area contributed by atoms with Crippen molar-refractivity contribution >= 4 is 11.5 Å². The maximum absolute atomic E-state index is 12.7. The molecule has 2 atom stereocenters. The number of nitrogens with zero attached hydrogens (tertiary/aromatic N) is 1. The number of benzene rings is 1. The second-order valence-corrected chi connectivity index (χ2v) is 6.41. The molecule has 1 amide bonds. The quantitative estimate of drug-likeness (QED) is 0.855. The smallest absolute Gasteiger partial charge is 0.260 e. The molecule has 4 nitrogen and oxygen atoms in total. The van der Waals surface area contributed by atoms with Gasteiger partial charge in [-0.15, -0.1) is 0 Å². The second-order valence-electron chi connectivity index (χ2n) is 6.41. The molecule has 2 aliphatic rings. The zero-order valence-electron chi connectivity index (χ0n) is 12.0. The first kappa shape index (κ1) is 13.2. The standard InChI is InChI=1S/C16H19NO3/c1-16(2,3)15-17-11(9-20-15)13(18)12(14(17)19)10-7-5-4-6-8-10/h4-8,11,15,18H,9H2,1-3H3/t11-,15-/m1/s1. The van der Waals surface area contributed by atoms with Crippen LogP contribution in [0.2, 0.25) is 0 Å². The first-order chi connectivity index (χ1) is 9.41. The molecule has 0 spiro atoms. The average Bonchev–Trinajstić information content (AvgIpc) is 2.92. The van der Waals surface area contributed by atoms with Gasteiger partial charge < -0.3 is 9.84 Å². The summed E-state index contributed by atoms with van der Waals surface area (Å²) in [6, 6.07) is 8.97. The number of amides is 1. The van der Waals surface area contributed by atoms with E-state index in [0.29, 0.717) is 12.2 Å². The van der Waals surface area contributed by atoms with Crippen molar-refractivity contribution in [3.63, 3.8) is 0 Å². The molecule has 0 aliphatic carbocycles. The summed E-state index contributed by atoms with van der Waals surface area (Å²) in [5.74, 6) is -0.0101. The van der Waals surface area contributed by atoms with Crippen LogP contribution in [0.3, 0.4) is 0 Å². The van der Waals surface area contributed by atoms with Gasteiger partial charge in [0.1, 0.15) is 18.0 Å². The Morgan fingerprint density at radius 1 is 1.25 bits per heavy atom. The van der Waals surface area contributed by atoms with Crippen LogP contribution < -0.4 is 0 Å². The van der Waals surface area contributed by atoms with Crippen molar-refractivity contribution < 1.29 is 14.6 Å². The van der Waals surface area contributed by atoms with Crippen molar-refractivity contribution in [3.8, 4) is 0 Å². The molecule has 0 aromatic heterocycles. The minimum absolute atomic E-state index is 0.132. The Kier molecular flexibility index (Phi) is 2.87. The van der Waals surface area contributed by atoms with Gasteiger partial charge in [0.05, 0.1) is 12.2 Å². The minimum atomic E-state index is -0.345. The Morgan fingerprint density at radius 2 is 1.90 bits per heavy atom. The number of rotatable bonds is 1. The zero-order valence-corrected chi connectivity index (χ0v) is 12.0. The molecular formula is C16H19NO3. The third kappa shape index (κ3) is 1.83. The van der Waals surface area contributed by atoms with Crippen LogP contribution >= 0.6 is 0 Å². The van der Waals surface area contributed by atoms with Crippen LogP contribution in [-0.4, -0.2) is 34.8 Å². The van der Waals surface area contributed by atoms with E-state index >= 15 is 0 Å². The van der Waals surface area contributed by atoms with Crippen LogP contribution in [0.25, 0.3) is 5.57 Å². The lowest BCUT2D eigenvalue weighted by molar-refractivity contribution is -0.135. The third-order valence-electron chi connectivity index (χ3n) is 3.82. The monoisotopic (exact) mass is 273 g/mol. The fraction of sp³-hybridized carbons (Fsp3) is 0.438. The molecule has 1 N–H and O–H groups in total. The van der Waals surface area contributed by atoms with Crippen LogP contribution in [0.5, 0.6) is 0 Å². The summed E-state index contributed by atoms with van der Waals surface area (Å²) >= 11 is 0. The molecule has 1 saturated heterocycles. The SMILES string of the molecule is CC(C)(C)[C@H]1OC[C@@H]2C(O)=C(c3ccccc3)C(=O)N21. The molecule has 1 aromatic carbocycles. The summed E-state index contributed by atoms with van der Waals surface area (Å²) in [5, 5.41) is 10.4. The largest absolute Gasteiger partial charge is 0.509 e. The molecule has 20 heavy (non-hydrogen) atoms. The van der Waals surface area contributed by atoms with E-state index < -0.39 is 0 Å². The predicted molar refractivity (Wildman–Crippen MR) is 75.8 cm³/mol. The van der Waals surface area contributed by atoms with E-state index in [1.54, 1.807) is 4.90 Å². The van der Waals surface area contributed by atoms with E-state index in [4.69, 9.17) is 4.74 Å². The average molecular weight is 273 g/mol. The summed E-state index contributed by atoms with van der Waals surface area (Å²) in [7, 11) is 0. The molecule has 2 heterocycles. The van der Waals surface area contributed by atoms with Gasteiger partial charge in [-0.3, -0.25) is 9.69 Å². The Labute approximate surface area is 118 Å². The van der Waals surface area contributed by atoms with Gasteiger partial charge in [-0.1, -0.05) is 51.1 Å². The maximum Gasteiger partial charge on any atom is 0.260 e. The number of carbonyl (C=O) groups excluding carboxylic acids is 1. The van der Waals surface area contributed by atoms with E-state index in [-0.39, 0.29) is 29.4 Å². The van der Waals surface area contributed by atoms with Crippen LogP contribution in [0.15, 0.2) is 36.1 Å². The van der Waals surface area contributed by atoms with Crippen molar-refractivity contribution in [1.29, 1.82) is 0 Å². The molecule has 0 saturated carbocycles. The van der Waals surface area contributed by atoms with E-state index in [1.807, 2.05) is 51.1 Å². The van der Waals surface area contributed by atoms with Gasteiger partial charge in [0.15, 0.2) is 0 Å². The number of hydrogen-bond acceptors (Lipinski definition) is 3. The predicted octanol–water partition coefficient (Wildman–Crippen LogP) is 2.57. The molecule has 3 rings (SSSR count). The van der Waals surface area contributed by atoms with Crippen molar-refractivity contribution in [2.45, 2.75) is 33.0 Å². The topological polar surface area (TPSA) is 49.8 Å². The van der Waals surface area contributed by atoms with Crippen LogP contribution in [0, 0.1) is 5.41 Å². The maximum atomic E-state index is 12.7. The van der Waals surface area contributed by atoms with Gasteiger partial charge >= 0.3 is 0 Å². The Bertz CT molecular complexity index is 571. The first-order valence-corrected chi connectivity index (χ1v) is 6.84. The molecule has 1 fully saturated rings. The first-order valence-electron chi connectivity index (χ1n) is 6.84. The van der Waals surface area contributed by atoms with Crippen molar-refractivity contribution in [2.24, 2.45) is 5.41 Å². The third-order valence-corrected chi connectivity index (χ3v) is 3.82. The molecule has 4 heteroatoms. The number of fused-ring (bicyclic) bond motifs is 1. The van der Waals surface area contributed by atoms with Gasteiger partial charge in [-0.25, -0.2) is 0 Å². The highest BCUT2D eigenvalue weighted by atomic mass is 16.5. The lowest BCUT2D eigenvalue weighted by atomic mass is 9.93. The Hall–Kier alpha value is -1.81. The van der Waals surface area contributed by atoms with Gasteiger partial charge in [-0.2, -0.15) is 0 Å². The fourth-order valence-corrected chi connectivity index (χ4v) is 2.91. The van der Waals surface area contributed by atoms with Gasteiger partial charge in [-0.05, 0) is 5.56 Å². The lowest BCUT2D eigenvalue weighted by Crippen LogP contribution is -2.44. The van der Waals surface area contributed by atoms with Crippen LogP contribution in [0.4, 0.5) is 0 Å². The number of aliphatic hydroxyl groups excluding tert-OH is 1. The molecule has 106 valence electrons. The van der Waals surface area contributed by atoms with Crippen molar-refractivity contribution in [3.05, 3.63) is 41.7 Å². The zero-order chi connectivity index (χ0) is 14.5. The number of aliphatic hydroxyl groups is 1. The lowest BCUT2D eigenvalue weighted by Gasteiger charge is -2.33. The van der Waals surface area contributed by atoms with Crippen LogP contribution in [-0.2, 0) is 9.53 Å². The Balaban J connectivity index is 2.01. The number of hydrogen-bond donors (Lipinski definition) is 1. The highest BCUT2D eigenvalue weighted by Gasteiger charge is 2.51. The van der Waals surface area contributed by atoms with E-state index in [9.17, 15) is 9.90 Å². The van der Waals surface area contributed by atoms with Crippen molar-refractivity contribution in [1.82, 2.24) is 4.90 Å². The molecule has 0 unspecified atom stereocenters. The summed E-state index contributed by atoms with van der Waals surface area (Å²) in [4.78, 5) is 14.4. The molecule has 2 aliphatic heterocycles. The Morgan fingerprint density at radius 3 is 2.50 bits per heavy atom. The second kappa shape index (κ2) is 4.35. The van der Waals surface area contributed by atoms with Gasteiger partial charge in [0, 0.05) is 5.41 Å². The summed E-state index contributed by atoms with van der Waals surface area (Å²) in [6.45, 7) is 6.45.